The Morgan fingerprint density at radius 2 is 0.851 bits per heavy atom. The maximum absolute atomic E-state index is 14.1. The molecule has 3 atom stereocenters. The highest BCUT2D eigenvalue weighted by molar-refractivity contribution is 5.88. The van der Waals surface area contributed by atoms with Gasteiger partial charge in [-0.1, -0.05) is 104 Å². The van der Waals surface area contributed by atoms with E-state index in [4.69, 9.17) is 48.1 Å². The molecule has 3 amide bonds. The van der Waals surface area contributed by atoms with Crippen molar-refractivity contribution in [3.8, 4) is 0 Å². The minimum Gasteiger partial charge on any atom is -0.460 e. The molecule has 2 aliphatic heterocycles. The summed E-state index contributed by atoms with van der Waals surface area (Å²) >= 11 is 0. The van der Waals surface area contributed by atoms with Crippen LogP contribution in [-0.4, -0.2) is 275 Å². The summed E-state index contributed by atoms with van der Waals surface area (Å²) in [5.41, 5.74) is -3.49. The summed E-state index contributed by atoms with van der Waals surface area (Å²) in [7, 11) is 0. The molecule has 2 saturated heterocycles. The zero-order valence-electron chi connectivity index (χ0n) is 79.8. The van der Waals surface area contributed by atoms with Crippen LogP contribution in [0.5, 0.6) is 0 Å². The number of carbonyl (C=O) groups is 9. The van der Waals surface area contributed by atoms with Crippen LogP contribution in [0.2, 0.25) is 0 Å². The molecule has 690 valence electrons. The number of hydrogen-bond acceptors (Lipinski definition) is 26. The van der Waals surface area contributed by atoms with Crippen molar-refractivity contribution in [3.63, 3.8) is 0 Å². The second-order valence-electron chi connectivity index (χ2n) is 42.5. The van der Waals surface area contributed by atoms with Gasteiger partial charge >= 0.3 is 47.8 Å². The summed E-state index contributed by atoms with van der Waals surface area (Å²) in [6.07, 6.45) is 10.8. The van der Waals surface area contributed by atoms with Crippen LogP contribution >= 0.6 is 0 Å². The van der Waals surface area contributed by atoms with Crippen LogP contribution in [0.25, 0.3) is 0 Å². The Bertz CT molecular complexity index is 3540. The topological polar surface area (TPSA) is 316 Å². The fourth-order valence-electron chi connectivity index (χ4n) is 14.1. The van der Waals surface area contributed by atoms with E-state index in [1.807, 2.05) is 88.0 Å². The first-order valence-corrected chi connectivity index (χ1v) is 44.5. The zero-order chi connectivity index (χ0) is 91.1. The second-order valence-corrected chi connectivity index (χ2v) is 42.5. The quantitative estimate of drug-likeness (QED) is 0.0318. The number of amides is 3. The van der Waals surface area contributed by atoms with Crippen molar-refractivity contribution in [2.45, 2.75) is 347 Å². The predicted octanol–water partition coefficient (Wildman–Crippen LogP) is 12.6. The first-order chi connectivity index (χ1) is 55.7. The van der Waals surface area contributed by atoms with Crippen LogP contribution in [0.1, 0.15) is 294 Å². The van der Waals surface area contributed by atoms with Crippen molar-refractivity contribution in [1.82, 2.24) is 55.4 Å². The minimum atomic E-state index is -1.20. The van der Waals surface area contributed by atoms with E-state index in [2.05, 4.69) is 111 Å². The maximum Gasteiger partial charge on any atom is 0.329 e. The van der Waals surface area contributed by atoms with Gasteiger partial charge in [0.15, 0.2) is 0 Å². The van der Waals surface area contributed by atoms with E-state index >= 15 is 0 Å². The van der Waals surface area contributed by atoms with Gasteiger partial charge < -0.3 is 58.9 Å². The van der Waals surface area contributed by atoms with Gasteiger partial charge in [0.2, 0.25) is 17.8 Å². The second kappa shape index (κ2) is 48.2. The van der Waals surface area contributed by atoms with Crippen molar-refractivity contribution in [1.29, 1.82) is 0 Å². The van der Waals surface area contributed by atoms with E-state index in [0.717, 1.165) is 88.7 Å². The highest BCUT2D eigenvalue weighted by atomic mass is 16.6. The predicted molar refractivity (Wildman–Crippen MR) is 475 cm³/mol. The first kappa shape index (κ1) is 106. The molecule has 2 aliphatic rings. The third kappa shape index (κ3) is 49.7. The number of esters is 7. The SMILES string of the molecule is CC(C)(C)CN1CCN(CC(=O)OC(C)(C)C)CCN(CC(=O)OC(C)(C)C)CCN(CC(=O)OC(C)(C)C)C(Cc2ccc(Cc3nc(N4CCN(CCCCCCCCCCC(=O)NCCCC[C@H](NC(=O)N[C@@H](CCC(=O)OC(C)(C)C)C(=O)OC(C)(C)C)C(=O)OC(C)(C)C)CC4)nc(N(CC(=O)OC(C)(C)C)CC(C)(C)C)n3)cc2)C1. The molecule has 0 bridgehead atoms. The summed E-state index contributed by atoms with van der Waals surface area (Å²) in [6.45, 7) is 60.4. The first-order valence-electron chi connectivity index (χ1n) is 44.5. The summed E-state index contributed by atoms with van der Waals surface area (Å²) in [5, 5.41) is 8.26. The van der Waals surface area contributed by atoms with Gasteiger partial charge in [0.1, 0.15) is 63.7 Å². The monoisotopic (exact) mass is 1700 g/mol. The van der Waals surface area contributed by atoms with E-state index in [1.165, 1.54) is 0 Å². The van der Waals surface area contributed by atoms with Crippen molar-refractivity contribution in [3.05, 3.63) is 41.2 Å². The maximum atomic E-state index is 14.1. The van der Waals surface area contributed by atoms with Crippen LogP contribution < -0.4 is 25.8 Å². The fourth-order valence-corrected chi connectivity index (χ4v) is 14.1. The Labute approximate surface area is 727 Å². The number of anilines is 2. The Kier molecular flexibility index (Phi) is 42.2. The van der Waals surface area contributed by atoms with Gasteiger partial charge in [-0.2, -0.15) is 15.0 Å². The number of unbranched alkanes of at least 4 members (excludes halogenated alkanes) is 8. The van der Waals surface area contributed by atoms with Crippen molar-refractivity contribution >= 4 is 65.6 Å². The normalized spacial score (nSPS) is 16.6. The molecule has 121 heavy (non-hydrogen) atoms. The molecule has 29 heteroatoms. The number of aromatic nitrogens is 3. The van der Waals surface area contributed by atoms with E-state index in [0.29, 0.717) is 122 Å². The van der Waals surface area contributed by atoms with Gasteiger partial charge in [-0.25, -0.2) is 14.4 Å². The lowest BCUT2D eigenvalue weighted by Crippen LogP contribution is -2.54. The third-order valence-corrected chi connectivity index (χ3v) is 18.9. The van der Waals surface area contributed by atoms with Crippen LogP contribution in [0.15, 0.2) is 24.3 Å². The number of hydrogen-bond donors (Lipinski definition) is 3. The molecule has 3 heterocycles. The third-order valence-electron chi connectivity index (χ3n) is 18.9. The average molecular weight is 1710 g/mol. The average Bonchev–Trinajstić information content (AvgIpc) is 0.790. The number of urea groups is 1. The van der Waals surface area contributed by atoms with E-state index in [-0.39, 0.29) is 92.1 Å². The zero-order valence-corrected chi connectivity index (χ0v) is 79.8. The smallest absolute Gasteiger partial charge is 0.329 e. The lowest BCUT2D eigenvalue weighted by molar-refractivity contribution is -0.159. The minimum absolute atomic E-state index is 0.0274. The van der Waals surface area contributed by atoms with Crippen molar-refractivity contribution in [2.24, 2.45) is 10.8 Å². The molecule has 0 saturated carbocycles. The number of nitrogens with zero attached hydrogens (tertiary/aromatic N) is 10. The highest BCUT2D eigenvalue weighted by Crippen LogP contribution is 2.27. The van der Waals surface area contributed by atoms with E-state index < -0.39 is 75.2 Å². The van der Waals surface area contributed by atoms with Crippen LogP contribution in [0.4, 0.5) is 16.7 Å². The Balaban J connectivity index is 1.42. The Morgan fingerprint density at radius 3 is 1.34 bits per heavy atom. The summed E-state index contributed by atoms with van der Waals surface area (Å²) in [5.74, 6) is -1.77. The largest absolute Gasteiger partial charge is 0.460 e. The van der Waals surface area contributed by atoms with E-state index in [1.54, 1.807) is 62.3 Å². The van der Waals surface area contributed by atoms with Gasteiger partial charge in [-0.05, 0) is 219 Å². The number of benzene rings is 1. The lowest BCUT2D eigenvalue weighted by atomic mass is 9.95. The summed E-state index contributed by atoms with van der Waals surface area (Å²) in [6, 6.07) is 5.29. The summed E-state index contributed by atoms with van der Waals surface area (Å²) in [4.78, 5) is 151. The molecule has 1 aromatic heterocycles. The standard InChI is InChI=1S/C92H161N13O16/c1-84(2,3)65-102-51-50-100(61-75(108)116-87(10,11)12)48-49-101(62-76(109)117-88(13,14)15)54-57-104(63-77(110)118-89(16,17)18)69(60-102)58-67-40-42-68(43-41-67)59-72-96-81(98-82(97-72)105(66-85(4,5)6)64-78(111)119-90(19,20)21)103-55-52-99(53-56-103)47-37-33-31-29-28-30-32-34-39-73(106)93-46-36-35-38-70(79(112)120-91(22,23)24)94-83(114)95-71(80(113)121-92(25,26)27)44-45-74(107)115-86(7,8)9/h40-43,69-71H,28-39,44-66H2,1-27H3,(H,93,106)(H2,94,95,114)/t69?,70-,71-/m0/s1. The van der Waals surface area contributed by atoms with Gasteiger partial charge in [-0.15, -0.1) is 0 Å². The summed E-state index contributed by atoms with van der Waals surface area (Å²) < 4.78 is 40.2. The molecule has 0 spiro atoms. The van der Waals surface area contributed by atoms with Gasteiger partial charge in [0, 0.05) is 117 Å². The Morgan fingerprint density at radius 1 is 0.421 bits per heavy atom. The number of piperazine rings is 1. The van der Waals surface area contributed by atoms with Gasteiger partial charge in [-0.3, -0.25) is 53.3 Å². The number of rotatable bonds is 39. The molecule has 2 fully saturated rings. The fraction of sp³-hybridized carbons (Fsp3) is 0.804. The molecule has 29 nitrogen and oxygen atoms in total. The molecule has 4 rings (SSSR count). The van der Waals surface area contributed by atoms with Crippen LogP contribution in [0, 0.1) is 10.8 Å². The number of nitrogens with one attached hydrogen (secondary N) is 3. The molecular formula is C92H161N13O16. The molecule has 0 aliphatic carbocycles. The van der Waals surface area contributed by atoms with Crippen molar-refractivity contribution < 1.29 is 76.3 Å². The number of ether oxygens (including phenoxy) is 7. The molecule has 0 radical (unpaired) electrons. The molecular weight excluding hydrogens is 1540 g/mol. The molecule has 3 N–H and O–H groups in total. The lowest BCUT2D eigenvalue weighted by Gasteiger charge is -2.40. The van der Waals surface area contributed by atoms with Crippen LogP contribution in [-0.2, 0) is 84.4 Å². The highest BCUT2D eigenvalue weighted by Gasteiger charge is 2.36. The Hall–Kier alpha value is -7.34. The molecule has 1 unspecified atom stereocenters. The van der Waals surface area contributed by atoms with Gasteiger partial charge in [0.25, 0.3) is 0 Å². The molecule has 1 aromatic carbocycles. The van der Waals surface area contributed by atoms with Crippen LogP contribution in [0.3, 0.4) is 0 Å². The van der Waals surface area contributed by atoms with Gasteiger partial charge in [0.05, 0.1) is 19.6 Å². The number of carbonyl (C=O) groups excluding carboxylic acids is 9. The van der Waals surface area contributed by atoms with Crippen molar-refractivity contribution in [2.75, 3.05) is 134 Å². The molecule has 2 aromatic rings. The van der Waals surface area contributed by atoms with E-state index in [9.17, 15) is 43.2 Å².